The monoisotopic (exact) mass is 219 g/mol. The quantitative estimate of drug-likeness (QED) is 0.698. The molecule has 1 aromatic heterocycles. The summed E-state index contributed by atoms with van der Waals surface area (Å²) in [6.07, 6.45) is 5.16. The van der Waals surface area contributed by atoms with E-state index in [1.807, 2.05) is 19.1 Å². The second-order valence-corrected chi connectivity index (χ2v) is 3.50. The lowest BCUT2D eigenvalue weighted by atomic mass is 10.2. The number of hydrogen-bond donors (Lipinski definition) is 2. The number of aromatic nitrogens is 1. The van der Waals surface area contributed by atoms with Crippen molar-refractivity contribution in [2.75, 3.05) is 6.54 Å². The van der Waals surface area contributed by atoms with Crippen LogP contribution in [-0.4, -0.2) is 23.5 Å². The van der Waals surface area contributed by atoms with Crippen LogP contribution in [0.25, 0.3) is 0 Å². The number of amides is 1. The Bertz CT molecular complexity index is 337. The predicted molar refractivity (Wildman–Crippen MR) is 63.7 cm³/mol. The van der Waals surface area contributed by atoms with Crippen molar-refractivity contribution in [1.29, 1.82) is 0 Å². The van der Waals surface area contributed by atoms with Gasteiger partial charge in [0.25, 0.3) is 0 Å². The van der Waals surface area contributed by atoms with E-state index in [9.17, 15) is 4.79 Å². The summed E-state index contributed by atoms with van der Waals surface area (Å²) in [7, 11) is 0. The van der Waals surface area contributed by atoms with Crippen molar-refractivity contribution in [3.05, 3.63) is 42.7 Å². The topological polar surface area (TPSA) is 54.0 Å². The van der Waals surface area contributed by atoms with E-state index in [4.69, 9.17) is 0 Å². The van der Waals surface area contributed by atoms with Gasteiger partial charge in [-0.3, -0.25) is 9.78 Å². The number of pyridine rings is 1. The lowest BCUT2D eigenvalue weighted by Crippen LogP contribution is -2.41. The van der Waals surface area contributed by atoms with E-state index >= 15 is 0 Å². The van der Waals surface area contributed by atoms with E-state index in [2.05, 4.69) is 22.2 Å². The van der Waals surface area contributed by atoms with Gasteiger partial charge in [-0.15, -0.1) is 6.58 Å². The van der Waals surface area contributed by atoms with Gasteiger partial charge in [0.1, 0.15) is 0 Å². The van der Waals surface area contributed by atoms with Gasteiger partial charge >= 0.3 is 0 Å². The van der Waals surface area contributed by atoms with Crippen LogP contribution in [0.1, 0.15) is 12.5 Å². The van der Waals surface area contributed by atoms with E-state index in [1.165, 1.54) is 0 Å². The number of hydrogen-bond acceptors (Lipinski definition) is 3. The zero-order valence-corrected chi connectivity index (χ0v) is 9.44. The molecular weight excluding hydrogens is 202 g/mol. The fraction of sp³-hybridized carbons (Fsp3) is 0.333. The molecule has 16 heavy (non-hydrogen) atoms. The molecule has 0 fully saturated rings. The molecule has 0 aromatic carbocycles. The molecule has 4 heteroatoms. The maximum atomic E-state index is 11.5. The summed E-state index contributed by atoms with van der Waals surface area (Å²) in [6.45, 7) is 6.50. The molecule has 0 spiro atoms. The summed E-state index contributed by atoms with van der Waals surface area (Å²) in [4.78, 5) is 15.5. The highest BCUT2D eigenvalue weighted by Gasteiger charge is 2.10. The Labute approximate surface area is 95.8 Å². The van der Waals surface area contributed by atoms with Crippen molar-refractivity contribution in [2.24, 2.45) is 0 Å². The van der Waals surface area contributed by atoms with Gasteiger partial charge < -0.3 is 10.6 Å². The normalized spacial score (nSPS) is 11.8. The molecule has 2 N–H and O–H groups in total. The van der Waals surface area contributed by atoms with Crippen molar-refractivity contribution < 1.29 is 4.79 Å². The summed E-state index contributed by atoms with van der Waals surface area (Å²) in [5.41, 5.74) is 1.06. The third-order valence-electron chi connectivity index (χ3n) is 2.15. The van der Waals surface area contributed by atoms with Crippen LogP contribution in [0.4, 0.5) is 0 Å². The number of nitrogens with one attached hydrogen (secondary N) is 2. The minimum Gasteiger partial charge on any atom is -0.351 e. The Morgan fingerprint density at radius 2 is 2.50 bits per heavy atom. The molecular formula is C12H17N3O. The SMILES string of the molecule is C=CCNC(=O)C(C)NCc1cccnc1. The third-order valence-corrected chi connectivity index (χ3v) is 2.15. The van der Waals surface area contributed by atoms with Crippen LogP contribution in [-0.2, 0) is 11.3 Å². The van der Waals surface area contributed by atoms with Gasteiger partial charge in [0, 0.05) is 25.5 Å². The Balaban J connectivity index is 2.32. The second kappa shape index (κ2) is 6.74. The minimum absolute atomic E-state index is 0.0243. The Morgan fingerprint density at radius 3 is 3.12 bits per heavy atom. The van der Waals surface area contributed by atoms with Gasteiger partial charge in [-0.1, -0.05) is 12.1 Å². The van der Waals surface area contributed by atoms with E-state index in [0.717, 1.165) is 5.56 Å². The summed E-state index contributed by atoms with van der Waals surface area (Å²) in [5, 5.41) is 5.85. The van der Waals surface area contributed by atoms with Gasteiger partial charge in [-0.2, -0.15) is 0 Å². The molecule has 1 rings (SSSR count). The van der Waals surface area contributed by atoms with Crippen LogP contribution >= 0.6 is 0 Å². The molecule has 0 aliphatic rings. The first-order valence-corrected chi connectivity index (χ1v) is 5.25. The zero-order chi connectivity index (χ0) is 11.8. The van der Waals surface area contributed by atoms with Crippen LogP contribution in [0.2, 0.25) is 0 Å². The number of nitrogens with zero attached hydrogens (tertiary/aromatic N) is 1. The van der Waals surface area contributed by atoms with E-state index in [-0.39, 0.29) is 11.9 Å². The molecule has 1 atom stereocenters. The van der Waals surface area contributed by atoms with Gasteiger partial charge in [-0.05, 0) is 18.6 Å². The predicted octanol–water partition coefficient (Wildman–Crippen LogP) is 0.862. The number of rotatable bonds is 6. The molecule has 1 heterocycles. The average Bonchev–Trinajstić information content (AvgIpc) is 2.34. The molecule has 4 nitrogen and oxygen atoms in total. The molecule has 0 bridgehead atoms. The zero-order valence-electron chi connectivity index (χ0n) is 9.44. The summed E-state index contributed by atoms with van der Waals surface area (Å²) >= 11 is 0. The molecule has 0 radical (unpaired) electrons. The Kier molecular flexibility index (Phi) is 5.22. The van der Waals surface area contributed by atoms with Crippen LogP contribution in [0.15, 0.2) is 37.2 Å². The molecule has 0 aliphatic carbocycles. The Morgan fingerprint density at radius 1 is 1.69 bits per heavy atom. The summed E-state index contributed by atoms with van der Waals surface area (Å²) in [5.74, 6) is -0.0243. The fourth-order valence-electron chi connectivity index (χ4n) is 1.19. The van der Waals surface area contributed by atoms with E-state index in [0.29, 0.717) is 13.1 Å². The minimum atomic E-state index is -0.222. The van der Waals surface area contributed by atoms with Gasteiger partial charge in [0.2, 0.25) is 5.91 Å². The maximum absolute atomic E-state index is 11.5. The number of carbonyl (C=O) groups is 1. The highest BCUT2D eigenvalue weighted by Crippen LogP contribution is 1.95. The second-order valence-electron chi connectivity index (χ2n) is 3.50. The highest BCUT2D eigenvalue weighted by molar-refractivity contribution is 5.81. The van der Waals surface area contributed by atoms with Crippen LogP contribution in [0, 0.1) is 0 Å². The molecule has 1 amide bonds. The standard InChI is InChI=1S/C12H17N3O/c1-3-6-14-12(16)10(2)15-9-11-5-4-7-13-8-11/h3-5,7-8,10,15H,1,6,9H2,2H3,(H,14,16). The van der Waals surface area contributed by atoms with Crippen LogP contribution in [0.5, 0.6) is 0 Å². The molecule has 0 saturated heterocycles. The first-order chi connectivity index (χ1) is 7.74. The van der Waals surface area contributed by atoms with Crippen molar-refractivity contribution in [2.45, 2.75) is 19.5 Å². The summed E-state index contributed by atoms with van der Waals surface area (Å²) < 4.78 is 0. The highest BCUT2D eigenvalue weighted by atomic mass is 16.2. The lowest BCUT2D eigenvalue weighted by Gasteiger charge is -2.12. The van der Waals surface area contributed by atoms with Crippen molar-refractivity contribution in [3.8, 4) is 0 Å². The largest absolute Gasteiger partial charge is 0.351 e. The van der Waals surface area contributed by atoms with Crippen LogP contribution < -0.4 is 10.6 Å². The molecule has 0 saturated carbocycles. The Hall–Kier alpha value is -1.68. The average molecular weight is 219 g/mol. The van der Waals surface area contributed by atoms with Gasteiger partial charge in [-0.25, -0.2) is 0 Å². The van der Waals surface area contributed by atoms with Crippen molar-refractivity contribution in [1.82, 2.24) is 15.6 Å². The van der Waals surface area contributed by atoms with Crippen molar-refractivity contribution in [3.63, 3.8) is 0 Å². The molecule has 1 aromatic rings. The molecule has 86 valence electrons. The van der Waals surface area contributed by atoms with Gasteiger partial charge in [0.15, 0.2) is 0 Å². The third kappa shape index (κ3) is 4.23. The fourth-order valence-corrected chi connectivity index (χ4v) is 1.19. The van der Waals surface area contributed by atoms with E-state index in [1.54, 1.807) is 18.5 Å². The van der Waals surface area contributed by atoms with Crippen LogP contribution in [0.3, 0.4) is 0 Å². The first-order valence-electron chi connectivity index (χ1n) is 5.25. The van der Waals surface area contributed by atoms with E-state index < -0.39 is 0 Å². The molecule has 1 unspecified atom stereocenters. The number of carbonyl (C=O) groups excluding carboxylic acids is 1. The van der Waals surface area contributed by atoms with Gasteiger partial charge in [0.05, 0.1) is 6.04 Å². The molecule has 0 aliphatic heterocycles. The lowest BCUT2D eigenvalue weighted by molar-refractivity contribution is -0.122. The van der Waals surface area contributed by atoms with Crippen molar-refractivity contribution >= 4 is 5.91 Å². The first kappa shape index (κ1) is 12.4. The summed E-state index contributed by atoms with van der Waals surface area (Å²) in [6, 6.07) is 3.62. The maximum Gasteiger partial charge on any atom is 0.237 e. The smallest absolute Gasteiger partial charge is 0.237 e.